The highest BCUT2D eigenvalue weighted by atomic mass is 14.1. The van der Waals surface area contributed by atoms with Gasteiger partial charge in [-0.05, 0) is 45.5 Å². The third kappa shape index (κ3) is 3.94. The van der Waals surface area contributed by atoms with Crippen LogP contribution in [-0.2, 0) is 12.8 Å². The van der Waals surface area contributed by atoms with Crippen molar-refractivity contribution < 1.29 is 0 Å². The number of hydrogen-bond donors (Lipinski definition) is 0. The maximum Gasteiger partial charge on any atom is 0.0359 e. The fourth-order valence-corrected chi connectivity index (χ4v) is 3.88. The van der Waals surface area contributed by atoms with E-state index < -0.39 is 0 Å². The summed E-state index contributed by atoms with van der Waals surface area (Å²) >= 11 is 0. The molecule has 4 aromatic carbocycles. The summed E-state index contributed by atoms with van der Waals surface area (Å²) in [5.74, 6) is 12.5. The maximum atomic E-state index is 5.53. The first kappa shape index (κ1) is 19.4. The lowest BCUT2D eigenvalue weighted by atomic mass is 9.94. The molecule has 30 heavy (non-hydrogen) atoms. The maximum absolute atomic E-state index is 5.53. The lowest BCUT2D eigenvalue weighted by Gasteiger charge is -2.09. The predicted octanol–water partition coefficient (Wildman–Crippen LogP) is 6.52. The summed E-state index contributed by atoms with van der Waals surface area (Å²) in [5, 5.41) is 4.73. The fourth-order valence-electron chi connectivity index (χ4n) is 3.88. The van der Waals surface area contributed by atoms with Gasteiger partial charge >= 0.3 is 0 Å². The van der Waals surface area contributed by atoms with Gasteiger partial charge in [-0.25, -0.2) is 0 Å². The van der Waals surface area contributed by atoms with Crippen molar-refractivity contribution in [1.29, 1.82) is 0 Å². The second-order valence-electron chi connectivity index (χ2n) is 7.30. The number of fused-ring (bicyclic) bond motifs is 2. The van der Waals surface area contributed by atoms with Crippen LogP contribution in [0, 0.1) is 36.5 Å². The van der Waals surface area contributed by atoms with E-state index in [1.54, 1.807) is 0 Å². The van der Waals surface area contributed by atoms with Crippen LogP contribution >= 0.6 is 0 Å². The summed E-state index contributed by atoms with van der Waals surface area (Å²) in [6, 6.07) is 25.4. The van der Waals surface area contributed by atoms with E-state index in [4.69, 9.17) is 12.8 Å². The van der Waals surface area contributed by atoms with Gasteiger partial charge in [-0.3, -0.25) is 0 Å². The molecule has 0 N–H and O–H groups in total. The number of rotatable bonds is 4. The molecule has 0 amide bonds. The second-order valence-corrected chi connectivity index (χ2v) is 7.30. The molecule has 0 aromatic heterocycles. The molecule has 0 radical (unpaired) electrons. The summed E-state index contributed by atoms with van der Waals surface area (Å²) in [6.07, 6.45) is 14.1. The van der Waals surface area contributed by atoms with Crippen LogP contribution in [0.25, 0.3) is 21.5 Å². The summed E-state index contributed by atoms with van der Waals surface area (Å²) in [5.41, 5.74) is 4.53. The molecule has 4 aromatic rings. The van der Waals surface area contributed by atoms with E-state index in [9.17, 15) is 0 Å². The zero-order valence-corrected chi connectivity index (χ0v) is 16.9. The van der Waals surface area contributed by atoms with Gasteiger partial charge in [0.25, 0.3) is 0 Å². The topological polar surface area (TPSA) is 0 Å². The van der Waals surface area contributed by atoms with Gasteiger partial charge in [0.2, 0.25) is 0 Å². The van der Waals surface area contributed by atoms with Crippen molar-refractivity contribution in [2.45, 2.75) is 25.7 Å². The van der Waals surface area contributed by atoms with Crippen molar-refractivity contribution in [3.8, 4) is 36.5 Å². The van der Waals surface area contributed by atoms with Crippen LogP contribution in [0.5, 0.6) is 0 Å². The highest BCUT2D eigenvalue weighted by Gasteiger charge is 2.08. The number of benzene rings is 4. The molecule has 4 rings (SSSR count). The van der Waals surface area contributed by atoms with Gasteiger partial charge < -0.3 is 0 Å². The minimum Gasteiger partial charge on any atom is -0.120 e. The minimum absolute atomic E-state index is 0.703. The first-order valence-electron chi connectivity index (χ1n) is 10.2. The molecule has 0 aliphatic rings. The summed E-state index contributed by atoms with van der Waals surface area (Å²) in [4.78, 5) is 0. The van der Waals surface area contributed by atoms with Gasteiger partial charge in [-0.1, -0.05) is 84.6 Å². The van der Waals surface area contributed by atoms with Gasteiger partial charge in [0.05, 0.1) is 0 Å². The Morgan fingerprint density at radius 1 is 0.533 bits per heavy atom. The minimum atomic E-state index is 0.703. The molecule has 0 bridgehead atoms. The van der Waals surface area contributed by atoms with Crippen LogP contribution in [0.3, 0.4) is 0 Å². The van der Waals surface area contributed by atoms with E-state index in [0.29, 0.717) is 12.8 Å². The van der Waals surface area contributed by atoms with Crippen molar-refractivity contribution in [2.75, 3.05) is 0 Å². The highest BCUT2D eigenvalue weighted by Crippen LogP contribution is 2.25. The zero-order valence-electron chi connectivity index (χ0n) is 16.9. The first-order chi connectivity index (χ1) is 14.8. The van der Waals surface area contributed by atoms with Gasteiger partial charge in [0.1, 0.15) is 0 Å². The van der Waals surface area contributed by atoms with E-state index >= 15 is 0 Å². The Morgan fingerprint density at radius 2 is 0.967 bits per heavy atom. The van der Waals surface area contributed by atoms with Crippen LogP contribution in [-0.4, -0.2) is 0 Å². The molecule has 0 unspecified atom stereocenters. The van der Waals surface area contributed by atoms with E-state index in [1.165, 1.54) is 32.7 Å². The number of terminal acetylenes is 2. The molecule has 0 spiro atoms. The number of aryl methyl sites for hydroxylation is 2. The molecule has 0 aliphatic carbocycles. The predicted molar refractivity (Wildman–Crippen MR) is 128 cm³/mol. The lowest BCUT2D eigenvalue weighted by molar-refractivity contribution is 1.03. The van der Waals surface area contributed by atoms with Crippen LogP contribution in [0.4, 0.5) is 0 Å². The van der Waals surface area contributed by atoms with Gasteiger partial charge in [-0.2, -0.15) is 0 Å². The quantitative estimate of drug-likeness (QED) is 0.352. The molecule has 0 heterocycles. The van der Waals surface area contributed by atoms with E-state index in [-0.39, 0.29) is 0 Å². The van der Waals surface area contributed by atoms with Crippen molar-refractivity contribution >= 4 is 21.5 Å². The fraction of sp³-hybridized carbons (Fsp3) is 0.133. The van der Waals surface area contributed by atoms with Gasteiger partial charge in [-0.15, -0.1) is 24.7 Å². The van der Waals surface area contributed by atoms with E-state index in [2.05, 4.69) is 96.5 Å². The summed E-state index contributed by atoms with van der Waals surface area (Å²) < 4.78 is 0. The van der Waals surface area contributed by atoms with Crippen molar-refractivity contribution in [3.63, 3.8) is 0 Å². The Bertz CT molecular complexity index is 1260. The Morgan fingerprint density at radius 3 is 1.40 bits per heavy atom. The monoisotopic (exact) mass is 382 g/mol. The average Bonchev–Trinajstić information content (AvgIpc) is 2.80. The second kappa shape index (κ2) is 9.05. The van der Waals surface area contributed by atoms with Crippen molar-refractivity contribution in [2.24, 2.45) is 0 Å². The molecule has 0 fully saturated rings. The molecule has 0 aliphatic heterocycles. The Kier molecular flexibility index (Phi) is 5.85. The van der Waals surface area contributed by atoms with E-state index in [0.717, 1.165) is 24.0 Å². The number of hydrogen-bond acceptors (Lipinski definition) is 0. The van der Waals surface area contributed by atoms with Crippen LogP contribution in [0.15, 0.2) is 72.8 Å². The van der Waals surface area contributed by atoms with E-state index in [1.807, 2.05) is 0 Å². The molecule has 0 nitrogen and oxygen atoms in total. The summed E-state index contributed by atoms with van der Waals surface area (Å²) in [6.45, 7) is 0. The Labute approximate surface area is 178 Å². The van der Waals surface area contributed by atoms with Crippen molar-refractivity contribution in [1.82, 2.24) is 0 Å². The third-order valence-electron chi connectivity index (χ3n) is 5.42. The third-order valence-corrected chi connectivity index (χ3v) is 5.42. The molecule has 0 saturated heterocycles. The van der Waals surface area contributed by atoms with Gasteiger partial charge in [0.15, 0.2) is 0 Å². The molecule has 0 heteroatoms. The molecule has 0 saturated carbocycles. The van der Waals surface area contributed by atoms with Crippen LogP contribution < -0.4 is 0 Å². The standard InChI is InChI=1S/C30H22/c1-3-5-11-23-17-19-25-13-7-9-15-27(25)29(23)21-22-30-24(12-6-4-2)18-20-26-14-8-10-16-28(26)30/h1-2,7-10,13-20H,5-6,11-12H2. The normalized spacial score (nSPS) is 10.2. The lowest BCUT2D eigenvalue weighted by Crippen LogP contribution is -1.94. The Balaban J connectivity index is 1.92. The van der Waals surface area contributed by atoms with Crippen molar-refractivity contribution in [3.05, 3.63) is 95.1 Å². The van der Waals surface area contributed by atoms with Gasteiger partial charge in [0, 0.05) is 24.0 Å². The zero-order chi connectivity index (χ0) is 20.8. The molecular weight excluding hydrogens is 360 g/mol. The average molecular weight is 383 g/mol. The van der Waals surface area contributed by atoms with Crippen LogP contribution in [0.1, 0.15) is 35.1 Å². The SMILES string of the molecule is C#CCCc1ccc2ccccc2c1C#Cc1c(CCC#C)ccc2ccccc12. The summed E-state index contributed by atoms with van der Waals surface area (Å²) in [7, 11) is 0. The molecule has 142 valence electrons. The molecular formula is C30H22. The Hall–Kier alpha value is -3.92. The smallest absolute Gasteiger partial charge is 0.0359 e. The highest BCUT2D eigenvalue weighted by molar-refractivity contribution is 5.92. The largest absolute Gasteiger partial charge is 0.120 e. The van der Waals surface area contributed by atoms with Crippen LogP contribution in [0.2, 0.25) is 0 Å². The molecule has 0 atom stereocenters. The first-order valence-corrected chi connectivity index (χ1v) is 10.2.